The van der Waals surface area contributed by atoms with Gasteiger partial charge < -0.3 is 9.80 Å². The molecule has 2 nitrogen and oxygen atoms in total. The molecular weight excluding hydrogens is 544 g/mol. The Morgan fingerprint density at radius 1 is 0.489 bits per heavy atom. The van der Waals surface area contributed by atoms with Gasteiger partial charge in [0.25, 0.3) is 0 Å². The van der Waals surface area contributed by atoms with Crippen LogP contribution in [0.15, 0.2) is 158 Å². The zero-order valence-corrected chi connectivity index (χ0v) is 25.4. The van der Waals surface area contributed by atoms with Gasteiger partial charge >= 0.3 is 0 Å². The Hall–Kier alpha value is -5.60. The van der Waals surface area contributed by atoms with E-state index in [0.717, 1.165) is 29.9 Å². The first kappa shape index (κ1) is 27.0. The number of hydrogen-bond donors (Lipinski definition) is 0. The molecule has 0 heterocycles. The van der Waals surface area contributed by atoms with Crippen molar-refractivity contribution >= 4 is 56.1 Å². The van der Waals surface area contributed by atoms with E-state index in [1.165, 1.54) is 55.2 Å². The van der Waals surface area contributed by atoms with Crippen LogP contribution in [0.2, 0.25) is 0 Å². The highest BCUT2D eigenvalue weighted by Gasteiger charge is 2.16. The van der Waals surface area contributed by atoms with Gasteiger partial charge in [-0.15, -0.1) is 0 Å². The molecule has 0 aliphatic heterocycles. The molecule has 7 aromatic carbocycles. The van der Waals surface area contributed by atoms with Crippen LogP contribution < -0.4 is 9.80 Å². The van der Waals surface area contributed by atoms with Gasteiger partial charge in [-0.05, 0) is 106 Å². The lowest BCUT2D eigenvalue weighted by molar-refractivity contribution is 0.985. The van der Waals surface area contributed by atoms with Gasteiger partial charge in [-0.2, -0.15) is 0 Å². The first-order valence-corrected chi connectivity index (χ1v) is 15.7. The second-order valence-electron chi connectivity index (χ2n) is 11.8. The summed E-state index contributed by atoms with van der Waals surface area (Å²) >= 11 is 0. The van der Waals surface area contributed by atoms with Crippen LogP contribution >= 0.6 is 0 Å². The second-order valence-corrected chi connectivity index (χ2v) is 11.8. The summed E-state index contributed by atoms with van der Waals surface area (Å²) in [4.78, 5) is 4.64. The van der Waals surface area contributed by atoms with Gasteiger partial charge in [-0.3, -0.25) is 0 Å². The lowest BCUT2D eigenvalue weighted by atomic mass is 9.96. The van der Waals surface area contributed by atoms with Crippen LogP contribution in [0.25, 0.3) is 38.7 Å². The highest BCUT2D eigenvalue weighted by atomic mass is 15.1. The van der Waals surface area contributed by atoms with Crippen LogP contribution in [-0.2, 0) is 6.42 Å². The van der Waals surface area contributed by atoms with Gasteiger partial charge in [0.2, 0.25) is 0 Å². The van der Waals surface area contributed by atoms with Crippen molar-refractivity contribution in [1.82, 2.24) is 0 Å². The number of rotatable bonds is 6. The number of fused-ring (bicyclic) bond motifs is 3. The Labute approximate surface area is 265 Å². The lowest BCUT2D eigenvalue weighted by Crippen LogP contribution is -2.11. The standard InChI is InChI=1S/C43H34N2/c1-44(43-16-8-14-35-11-6-7-15-42(35)43)38-23-17-33(18-24-38)34-19-25-39(26-20-34)45(40-27-21-31-9-2-4-12-36(31)29-40)41-28-22-32-10-3-5-13-37(32)30-41/h2,4-9,11-30H,3,10H2,1H3. The molecule has 0 radical (unpaired) electrons. The molecule has 7 aromatic rings. The molecule has 0 saturated heterocycles. The van der Waals surface area contributed by atoms with Crippen molar-refractivity contribution in [2.75, 3.05) is 16.8 Å². The van der Waals surface area contributed by atoms with E-state index in [9.17, 15) is 0 Å². The lowest BCUT2D eigenvalue weighted by Gasteiger charge is -2.27. The van der Waals surface area contributed by atoms with Crippen LogP contribution in [0.1, 0.15) is 17.5 Å². The highest BCUT2D eigenvalue weighted by molar-refractivity contribution is 5.96. The third-order valence-corrected chi connectivity index (χ3v) is 9.10. The maximum atomic E-state index is 2.38. The molecule has 8 rings (SSSR count). The van der Waals surface area contributed by atoms with Crippen molar-refractivity contribution in [2.24, 2.45) is 0 Å². The second kappa shape index (κ2) is 11.5. The molecule has 0 aromatic heterocycles. The number of anilines is 5. The van der Waals surface area contributed by atoms with E-state index in [0.29, 0.717) is 0 Å². The molecule has 1 aliphatic rings. The summed E-state index contributed by atoms with van der Waals surface area (Å²) in [6.07, 6.45) is 6.77. The van der Waals surface area contributed by atoms with Crippen LogP contribution in [0.5, 0.6) is 0 Å². The molecule has 0 fully saturated rings. The van der Waals surface area contributed by atoms with E-state index in [2.05, 4.69) is 181 Å². The Kier molecular flexibility index (Phi) is 6.88. The van der Waals surface area contributed by atoms with Gasteiger partial charge in [0.15, 0.2) is 0 Å². The van der Waals surface area contributed by atoms with Gasteiger partial charge in [-0.1, -0.05) is 109 Å². The minimum atomic E-state index is 1.10. The third kappa shape index (κ3) is 5.15. The Morgan fingerprint density at radius 2 is 1.11 bits per heavy atom. The average Bonchev–Trinajstić information content (AvgIpc) is 3.11. The topological polar surface area (TPSA) is 6.48 Å². The Morgan fingerprint density at radius 3 is 1.91 bits per heavy atom. The number of hydrogen-bond acceptors (Lipinski definition) is 2. The van der Waals surface area contributed by atoms with Gasteiger partial charge in [0, 0.05) is 40.9 Å². The van der Waals surface area contributed by atoms with Crippen LogP contribution in [0.4, 0.5) is 28.4 Å². The first-order chi connectivity index (χ1) is 22.2. The zero-order valence-electron chi connectivity index (χ0n) is 25.4. The smallest absolute Gasteiger partial charge is 0.0487 e. The quantitative estimate of drug-likeness (QED) is 0.194. The zero-order chi connectivity index (χ0) is 30.2. The molecule has 216 valence electrons. The summed E-state index contributed by atoms with van der Waals surface area (Å²) in [5.74, 6) is 0. The summed E-state index contributed by atoms with van der Waals surface area (Å²) in [5, 5.41) is 5.00. The van der Waals surface area contributed by atoms with E-state index in [-0.39, 0.29) is 0 Å². The van der Waals surface area contributed by atoms with Crippen molar-refractivity contribution in [3.05, 3.63) is 169 Å². The molecule has 2 heteroatoms. The number of nitrogens with zero attached hydrogens (tertiary/aromatic N) is 2. The molecule has 0 unspecified atom stereocenters. The Balaban J connectivity index is 1.12. The molecule has 45 heavy (non-hydrogen) atoms. The van der Waals surface area contributed by atoms with Crippen molar-refractivity contribution in [2.45, 2.75) is 12.8 Å². The molecule has 0 bridgehead atoms. The SMILES string of the molecule is CN(c1ccc(-c2ccc(N(c3ccc4c(c3)C=CCC4)c3ccc4ccccc4c3)cc2)cc1)c1cccc2ccccc12. The van der Waals surface area contributed by atoms with E-state index >= 15 is 0 Å². The van der Waals surface area contributed by atoms with E-state index in [1.807, 2.05) is 0 Å². The molecule has 1 aliphatic carbocycles. The normalized spacial score (nSPS) is 12.3. The fraction of sp³-hybridized carbons (Fsp3) is 0.0698. The number of aryl methyl sites for hydroxylation is 1. The summed E-state index contributed by atoms with van der Waals surface area (Å²) in [6.45, 7) is 0. The van der Waals surface area contributed by atoms with Crippen molar-refractivity contribution in [3.8, 4) is 11.1 Å². The van der Waals surface area contributed by atoms with Crippen LogP contribution in [-0.4, -0.2) is 7.05 Å². The van der Waals surface area contributed by atoms with E-state index in [1.54, 1.807) is 0 Å². The van der Waals surface area contributed by atoms with Crippen molar-refractivity contribution < 1.29 is 0 Å². The number of benzene rings is 7. The molecule has 0 N–H and O–H groups in total. The monoisotopic (exact) mass is 578 g/mol. The van der Waals surface area contributed by atoms with E-state index in [4.69, 9.17) is 0 Å². The van der Waals surface area contributed by atoms with Crippen molar-refractivity contribution in [1.29, 1.82) is 0 Å². The van der Waals surface area contributed by atoms with Crippen molar-refractivity contribution in [3.63, 3.8) is 0 Å². The minimum absolute atomic E-state index is 1.10. The average molecular weight is 579 g/mol. The van der Waals surface area contributed by atoms with Crippen LogP contribution in [0.3, 0.4) is 0 Å². The third-order valence-electron chi connectivity index (χ3n) is 9.10. The van der Waals surface area contributed by atoms with Gasteiger partial charge in [0.05, 0.1) is 0 Å². The van der Waals surface area contributed by atoms with Gasteiger partial charge in [0.1, 0.15) is 0 Å². The molecule has 0 spiro atoms. The minimum Gasteiger partial charge on any atom is -0.344 e. The Bertz CT molecular complexity index is 2170. The fourth-order valence-electron chi connectivity index (χ4n) is 6.64. The largest absolute Gasteiger partial charge is 0.344 e. The van der Waals surface area contributed by atoms with E-state index < -0.39 is 0 Å². The molecule has 0 amide bonds. The molecule has 0 saturated carbocycles. The maximum Gasteiger partial charge on any atom is 0.0487 e. The number of allylic oxidation sites excluding steroid dienone is 1. The van der Waals surface area contributed by atoms with Gasteiger partial charge in [-0.25, -0.2) is 0 Å². The van der Waals surface area contributed by atoms with Crippen LogP contribution in [0, 0.1) is 0 Å². The molecular formula is C43H34N2. The summed E-state index contributed by atoms with van der Waals surface area (Å²) in [5.41, 5.74) is 11.0. The molecule has 0 atom stereocenters. The first-order valence-electron chi connectivity index (χ1n) is 15.7. The summed E-state index contributed by atoms with van der Waals surface area (Å²) in [7, 11) is 2.14. The summed E-state index contributed by atoms with van der Waals surface area (Å²) < 4.78 is 0. The maximum absolute atomic E-state index is 2.38. The highest BCUT2D eigenvalue weighted by Crippen LogP contribution is 2.39. The fourth-order valence-corrected chi connectivity index (χ4v) is 6.64. The summed E-state index contributed by atoms with van der Waals surface area (Å²) in [6, 6.07) is 55.1. The predicted molar refractivity (Wildman–Crippen MR) is 193 cm³/mol. The predicted octanol–water partition coefficient (Wildman–Crippen LogP) is 11.9.